The van der Waals surface area contributed by atoms with E-state index in [4.69, 9.17) is 24.1 Å². The molecule has 7 heteroatoms. The first-order valence-corrected chi connectivity index (χ1v) is 14.0. The molecule has 0 spiro atoms. The van der Waals surface area contributed by atoms with Crippen molar-refractivity contribution in [3.8, 4) is 11.5 Å². The normalized spacial score (nSPS) is 25.2. The number of ether oxygens (including phenoxy) is 4. The third kappa shape index (κ3) is 6.04. The smallest absolute Gasteiger partial charge is 0.335 e. The van der Waals surface area contributed by atoms with Crippen LogP contribution in [0.2, 0.25) is 0 Å². The van der Waals surface area contributed by atoms with Crippen molar-refractivity contribution in [2.24, 2.45) is 17.8 Å². The van der Waals surface area contributed by atoms with Gasteiger partial charge in [0.2, 0.25) is 0 Å². The molecule has 6 rings (SSSR count). The molecule has 0 amide bonds. The number of allylic oxidation sites excluding steroid dienone is 1. The summed E-state index contributed by atoms with van der Waals surface area (Å²) in [7, 11) is 1.64. The number of ketones is 1. The second-order valence-corrected chi connectivity index (χ2v) is 11.3. The lowest BCUT2D eigenvalue weighted by Gasteiger charge is -2.57. The third-order valence-electron chi connectivity index (χ3n) is 8.57. The highest BCUT2D eigenvalue weighted by Crippen LogP contribution is 2.62. The molecule has 4 aliphatic rings. The fraction of sp³-hybridized carbons (Fsp3) is 0.500. The van der Waals surface area contributed by atoms with Gasteiger partial charge < -0.3 is 24.1 Å². The maximum atomic E-state index is 13.6. The van der Waals surface area contributed by atoms with Crippen LogP contribution in [0.25, 0.3) is 6.08 Å². The average Bonchev–Trinajstić information content (AvgIpc) is 2.91. The second kappa shape index (κ2) is 11.9. The van der Waals surface area contributed by atoms with Gasteiger partial charge in [-0.2, -0.15) is 0 Å². The molecule has 0 aromatic heterocycles. The van der Waals surface area contributed by atoms with Gasteiger partial charge in [-0.25, -0.2) is 4.79 Å². The molecule has 4 saturated carbocycles. The number of hydrogen-bond donors (Lipinski definition) is 1. The van der Waals surface area contributed by atoms with Crippen LogP contribution < -0.4 is 9.47 Å². The summed E-state index contributed by atoms with van der Waals surface area (Å²) in [6.45, 7) is 3.36. The van der Waals surface area contributed by atoms with E-state index < -0.39 is 5.97 Å². The van der Waals surface area contributed by atoms with Gasteiger partial charge in [0, 0.05) is 18.7 Å². The van der Waals surface area contributed by atoms with Crippen molar-refractivity contribution in [1.29, 1.82) is 0 Å². The van der Waals surface area contributed by atoms with Gasteiger partial charge in [0.05, 0.1) is 30.9 Å². The van der Waals surface area contributed by atoms with Gasteiger partial charge in [0.1, 0.15) is 11.5 Å². The van der Waals surface area contributed by atoms with Gasteiger partial charge in [0.15, 0.2) is 12.6 Å². The molecule has 4 bridgehead atoms. The van der Waals surface area contributed by atoms with Crippen molar-refractivity contribution in [3.63, 3.8) is 0 Å². The Kier molecular flexibility index (Phi) is 8.38. The summed E-state index contributed by atoms with van der Waals surface area (Å²) in [6, 6.07) is 10.3. The molecule has 0 saturated heterocycles. The number of carbonyl (C=O) groups is 2. The Labute approximate surface area is 230 Å². The molecule has 0 radical (unpaired) electrons. The van der Waals surface area contributed by atoms with Gasteiger partial charge in [-0.3, -0.25) is 4.79 Å². The minimum absolute atomic E-state index is 0.00671. The van der Waals surface area contributed by atoms with E-state index >= 15 is 0 Å². The highest BCUT2D eigenvalue weighted by molar-refractivity contribution is 6.09. The van der Waals surface area contributed by atoms with E-state index in [-0.39, 0.29) is 23.6 Å². The zero-order valence-corrected chi connectivity index (χ0v) is 22.8. The SMILES string of the molecule is CCOc1cc(OCOCCOC)c(C23CC4CC(CC(C4)C2)C3)cc1C(=O)/C=C/c1ccc(C(=O)O)cc1. The van der Waals surface area contributed by atoms with Crippen molar-refractivity contribution in [3.05, 3.63) is 64.7 Å². The molecule has 208 valence electrons. The Morgan fingerprint density at radius 1 is 0.949 bits per heavy atom. The van der Waals surface area contributed by atoms with Gasteiger partial charge in [0.25, 0.3) is 0 Å². The van der Waals surface area contributed by atoms with Gasteiger partial charge in [-0.15, -0.1) is 0 Å². The molecule has 1 N–H and O–H groups in total. The molecule has 0 atom stereocenters. The molecule has 7 nitrogen and oxygen atoms in total. The van der Waals surface area contributed by atoms with Crippen LogP contribution in [0.15, 0.2) is 42.5 Å². The van der Waals surface area contributed by atoms with Crippen LogP contribution in [-0.2, 0) is 14.9 Å². The maximum Gasteiger partial charge on any atom is 0.335 e. The average molecular weight is 535 g/mol. The van der Waals surface area contributed by atoms with Crippen LogP contribution >= 0.6 is 0 Å². The van der Waals surface area contributed by atoms with E-state index in [9.17, 15) is 9.59 Å². The van der Waals surface area contributed by atoms with Crippen molar-refractivity contribution in [1.82, 2.24) is 0 Å². The molecule has 4 fully saturated rings. The van der Waals surface area contributed by atoms with E-state index in [1.165, 1.54) is 37.5 Å². The fourth-order valence-corrected chi connectivity index (χ4v) is 7.31. The van der Waals surface area contributed by atoms with E-state index in [2.05, 4.69) is 0 Å². The van der Waals surface area contributed by atoms with E-state index in [0.717, 1.165) is 53.9 Å². The topological polar surface area (TPSA) is 91.3 Å². The summed E-state index contributed by atoms with van der Waals surface area (Å²) in [5.74, 6) is 2.31. The lowest BCUT2D eigenvalue weighted by Crippen LogP contribution is -2.48. The van der Waals surface area contributed by atoms with Crippen molar-refractivity contribution in [2.75, 3.05) is 33.7 Å². The van der Waals surface area contributed by atoms with Crippen molar-refractivity contribution in [2.45, 2.75) is 50.9 Å². The Morgan fingerprint density at radius 3 is 2.21 bits per heavy atom. The number of methoxy groups -OCH3 is 1. The Balaban J connectivity index is 1.48. The van der Waals surface area contributed by atoms with Crippen LogP contribution in [-0.4, -0.2) is 50.6 Å². The molecule has 2 aromatic rings. The fourth-order valence-electron chi connectivity index (χ4n) is 7.31. The molecule has 0 unspecified atom stereocenters. The standard InChI is InChI=1S/C32H38O7/c1-3-38-29-16-30(39-20-37-11-10-36-2)27(32-17-22-12-23(18-32)14-24(13-22)19-32)15-26(29)28(33)9-6-21-4-7-25(8-5-21)31(34)35/h4-9,15-16,22-24H,3,10-14,17-20H2,1-2H3,(H,34,35)/b9-6+. The first-order chi connectivity index (χ1) is 18.9. The van der Waals surface area contributed by atoms with E-state index in [1.54, 1.807) is 25.3 Å². The van der Waals surface area contributed by atoms with Gasteiger partial charge >= 0.3 is 5.97 Å². The number of benzene rings is 2. The molecule has 0 heterocycles. The molecule has 0 aliphatic heterocycles. The number of carbonyl (C=O) groups excluding carboxylic acids is 1. The van der Waals surface area contributed by atoms with Crippen molar-refractivity contribution < 1.29 is 33.6 Å². The van der Waals surface area contributed by atoms with E-state index in [1.807, 2.05) is 19.1 Å². The summed E-state index contributed by atoms with van der Waals surface area (Å²) in [5.41, 5.74) is 2.59. The zero-order valence-electron chi connectivity index (χ0n) is 22.8. The third-order valence-corrected chi connectivity index (χ3v) is 8.57. The lowest BCUT2D eigenvalue weighted by molar-refractivity contribution is -0.0190. The maximum absolute atomic E-state index is 13.6. The minimum Gasteiger partial charge on any atom is -0.493 e. The number of aromatic carboxylic acids is 1. The summed E-state index contributed by atoms with van der Waals surface area (Å²) in [6.07, 6.45) is 10.6. The molecular weight excluding hydrogens is 496 g/mol. The summed E-state index contributed by atoms with van der Waals surface area (Å²) in [4.78, 5) is 24.7. The Bertz CT molecular complexity index is 1180. The lowest BCUT2D eigenvalue weighted by atomic mass is 9.48. The number of hydrogen-bond acceptors (Lipinski definition) is 6. The highest BCUT2D eigenvalue weighted by atomic mass is 16.7. The first-order valence-electron chi connectivity index (χ1n) is 14.0. The van der Waals surface area contributed by atoms with Crippen LogP contribution in [0.3, 0.4) is 0 Å². The number of carboxylic acids is 1. The monoisotopic (exact) mass is 534 g/mol. The second-order valence-electron chi connectivity index (χ2n) is 11.3. The predicted molar refractivity (Wildman–Crippen MR) is 148 cm³/mol. The first kappa shape index (κ1) is 27.4. The molecule has 39 heavy (non-hydrogen) atoms. The van der Waals surface area contributed by atoms with Crippen molar-refractivity contribution >= 4 is 17.8 Å². The largest absolute Gasteiger partial charge is 0.493 e. The summed E-state index contributed by atoms with van der Waals surface area (Å²) < 4.78 is 22.9. The Hall–Kier alpha value is -3.16. The van der Waals surface area contributed by atoms with Gasteiger partial charge in [-0.1, -0.05) is 18.2 Å². The van der Waals surface area contributed by atoms with Crippen LogP contribution in [0, 0.1) is 17.8 Å². The van der Waals surface area contributed by atoms with Crippen LogP contribution in [0.5, 0.6) is 11.5 Å². The van der Waals surface area contributed by atoms with Crippen LogP contribution in [0.4, 0.5) is 0 Å². The number of rotatable bonds is 13. The molecule has 2 aromatic carbocycles. The Morgan fingerprint density at radius 2 is 1.62 bits per heavy atom. The molecular formula is C32H38O7. The minimum atomic E-state index is -0.980. The zero-order chi connectivity index (χ0) is 27.4. The summed E-state index contributed by atoms with van der Waals surface area (Å²) in [5, 5.41) is 9.14. The highest BCUT2D eigenvalue weighted by Gasteiger charge is 2.52. The van der Waals surface area contributed by atoms with Crippen LogP contribution in [0.1, 0.15) is 77.3 Å². The van der Waals surface area contributed by atoms with E-state index in [0.29, 0.717) is 31.1 Å². The predicted octanol–water partition coefficient (Wildman–Crippen LogP) is 6.15. The quantitative estimate of drug-likeness (QED) is 0.143. The number of carboxylic acid groups (broad SMARTS) is 1. The summed E-state index contributed by atoms with van der Waals surface area (Å²) >= 11 is 0. The molecule has 4 aliphatic carbocycles. The van der Waals surface area contributed by atoms with Gasteiger partial charge in [-0.05, 0) is 98.5 Å².